The van der Waals surface area contributed by atoms with Gasteiger partial charge in [0.15, 0.2) is 0 Å². The predicted molar refractivity (Wildman–Crippen MR) is 85.1 cm³/mol. The number of nitrogens with two attached hydrogens (primary N) is 1. The first-order valence-corrected chi connectivity index (χ1v) is 7.80. The van der Waals surface area contributed by atoms with E-state index in [0.717, 1.165) is 38.0 Å². The summed E-state index contributed by atoms with van der Waals surface area (Å²) >= 11 is 0. The van der Waals surface area contributed by atoms with Crippen molar-refractivity contribution in [2.24, 2.45) is 11.7 Å². The molecule has 120 valence electrons. The molecule has 0 aliphatic heterocycles. The molecule has 0 bridgehead atoms. The van der Waals surface area contributed by atoms with Gasteiger partial charge in [0, 0.05) is 6.54 Å². The molecule has 0 saturated heterocycles. The van der Waals surface area contributed by atoms with Crippen molar-refractivity contribution in [3.05, 3.63) is 0 Å². The van der Waals surface area contributed by atoms with E-state index in [-0.39, 0.29) is 30.5 Å². The third kappa shape index (κ3) is 7.46. The smallest absolute Gasteiger partial charge is 0.249 e. The monoisotopic (exact) mass is 306 g/mol. The van der Waals surface area contributed by atoms with Crippen molar-refractivity contribution in [1.82, 2.24) is 5.32 Å². The van der Waals surface area contributed by atoms with Gasteiger partial charge in [-0.2, -0.15) is 0 Å². The average Bonchev–Trinajstić information content (AvgIpc) is 2.41. The van der Waals surface area contributed by atoms with Crippen molar-refractivity contribution in [2.45, 2.75) is 71.0 Å². The van der Waals surface area contributed by atoms with Gasteiger partial charge in [-0.25, -0.2) is 0 Å². The zero-order valence-corrected chi connectivity index (χ0v) is 13.7. The summed E-state index contributed by atoms with van der Waals surface area (Å²) in [5, 5.41) is 2.95. The molecule has 1 saturated carbocycles. The molecule has 0 radical (unpaired) electrons. The van der Waals surface area contributed by atoms with Crippen molar-refractivity contribution in [3.8, 4) is 0 Å². The quantitative estimate of drug-likeness (QED) is 0.678. The van der Waals surface area contributed by atoms with Crippen LogP contribution < -0.4 is 11.1 Å². The summed E-state index contributed by atoms with van der Waals surface area (Å²) in [6, 6.07) is 0. The number of halogens is 1. The van der Waals surface area contributed by atoms with Gasteiger partial charge in [-0.1, -0.05) is 26.7 Å². The predicted octanol–water partition coefficient (Wildman–Crippen LogP) is 2.64. The lowest BCUT2D eigenvalue weighted by Crippen LogP contribution is -2.39. The Bertz CT molecular complexity index is 264. The number of amides is 1. The topological polar surface area (TPSA) is 64.3 Å². The van der Waals surface area contributed by atoms with Gasteiger partial charge in [0.25, 0.3) is 0 Å². The molecule has 0 heterocycles. The maximum atomic E-state index is 12.0. The van der Waals surface area contributed by atoms with Crippen LogP contribution in [0.4, 0.5) is 0 Å². The van der Waals surface area contributed by atoms with E-state index in [4.69, 9.17) is 10.5 Å². The highest BCUT2D eigenvalue weighted by atomic mass is 35.5. The van der Waals surface area contributed by atoms with Crippen LogP contribution >= 0.6 is 12.4 Å². The Morgan fingerprint density at radius 3 is 2.75 bits per heavy atom. The van der Waals surface area contributed by atoms with E-state index in [0.29, 0.717) is 13.1 Å². The molecule has 0 aromatic rings. The fraction of sp³-hybridized carbons (Fsp3) is 0.933. The van der Waals surface area contributed by atoms with Crippen LogP contribution in [0.2, 0.25) is 0 Å². The minimum absolute atomic E-state index is 0. The molecule has 1 aliphatic carbocycles. The summed E-state index contributed by atoms with van der Waals surface area (Å²) in [7, 11) is 0. The Hall–Kier alpha value is -0.320. The number of rotatable bonds is 8. The fourth-order valence-electron chi connectivity index (χ4n) is 2.67. The molecule has 0 aromatic carbocycles. The second-order valence-electron chi connectivity index (χ2n) is 5.71. The number of hydrogen-bond acceptors (Lipinski definition) is 3. The van der Waals surface area contributed by atoms with Gasteiger partial charge in [0.05, 0.1) is 6.10 Å². The lowest BCUT2D eigenvalue weighted by Gasteiger charge is -2.29. The highest BCUT2D eigenvalue weighted by molar-refractivity contribution is 5.85. The third-order valence-corrected chi connectivity index (χ3v) is 3.84. The number of unbranched alkanes of at least 4 members (excludes halogenated alkanes) is 1. The van der Waals surface area contributed by atoms with E-state index in [1.54, 1.807) is 0 Å². The van der Waals surface area contributed by atoms with Gasteiger partial charge in [0.2, 0.25) is 5.91 Å². The van der Waals surface area contributed by atoms with Crippen LogP contribution in [0.3, 0.4) is 0 Å². The molecule has 3 N–H and O–H groups in total. The zero-order chi connectivity index (χ0) is 14.1. The Morgan fingerprint density at radius 1 is 1.40 bits per heavy atom. The largest absolute Gasteiger partial charge is 0.365 e. The van der Waals surface area contributed by atoms with E-state index >= 15 is 0 Å². The van der Waals surface area contributed by atoms with Gasteiger partial charge in [0.1, 0.15) is 6.10 Å². The highest BCUT2D eigenvalue weighted by Gasteiger charge is 2.25. The van der Waals surface area contributed by atoms with Gasteiger partial charge >= 0.3 is 0 Å². The van der Waals surface area contributed by atoms with Gasteiger partial charge in [-0.3, -0.25) is 4.79 Å². The van der Waals surface area contributed by atoms with Crippen molar-refractivity contribution in [3.63, 3.8) is 0 Å². The maximum Gasteiger partial charge on any atom is 0.249 e. The Morgan fingerprint density at radius 2 is 2.15 bits per heavy atom. The molecular weight excluding hydrogens is 276 g/mol. The Kier molecular flexibility index (Phi) is 11.2. The molecule has 3 unspecified atom stereocenters. The van der Waals surface area contributed by atoms with Crippen LogP contribution in [0.5, 0.6) is 0 Å². The van der Waals surface area contributed by atoms with Crippen LogP contribution in [0.25, 0.3) is 0 Å². The van der Waals surface area contributed by atoms with Crippen LogP contribution in [0.15, 0.2) is 0 Å². The van der Waals surface area contributed by atoms with Crippen LogP contribution in [0, 0.1) is 5.92 Å². The lowest BCUT2D eigenvalue weighted by molar-refractivity contribution is -0.139. The normalized spacial score (nSPS) is 23.8. The first-order valence-electron chi connectivity index (χ1n) is 7.80. The third-order valence-electron chi connectivity index (χ3n) is 3.84. The molecule has 0 spiro atoms. The summed E-state index contributed by atoms with van der Waals surface area (Å²) in [6.07, 6.45) is 7.34. The van der Waals surface area contributed by atoms with E-state index in [9.17, 15) is 4.79 Å². The number of carbonyl (C=O) groups excluding carboxylic acids is 1. The number of carbonyl (C=O) groups is 1. The van der Waals surface area contributed by atoms with Crippen molar-refractivity contribution in [1.29, 1.82) is 0 Å². The molecule has 5 heteroatoms. The molecule has 1 rings (SSSR count). The summed E-state index contributed by atoms with van der Waals surface area (Å²) in [5.41, 5.74) is 5.43. The van der Waals surface area contributed by atoms with Crippen molar-refractivity contribution in [2.75, 3.05) is 13.1 Å². The van der Waals surface area contributed by atoms with E-state index in [2.05, 4.69) is 12.2 Å². The van der Waals surface area contributed by atoms with E-state index in [1.807, 2.05) is 6.92 Å². The molecule has 20 heavy (non-hydrogen) atoms. The second kappa shape index (κ2) is 11.4. The lowest BCUT2D eigenvalue weighted by atomic mass is 9.88. The van der Waals surface area contributed by atoms with E-state index < -0.39 is 0 Å². The van der Waals surface area contributed by atoms with Crippen LogP contribution in [-0.4, -0.2) is 31.2 Å². The minimum Gasteiger partial charge on any atom is -0.365 e. The summed E-state index contributed by atoms with van der Waals surface area (Å²) < 4.78 is 5.99. The molecule has 1 fully saturated rings. The standard InChI is InChI=1S/C15H30N2O2.ClH/c1-3-14(15(18)17-10-5-4-9-16)19-13-8-6-7-12(2)11-13;/h12-14H,3-11,16H2,1-2H3,(H,17,18);1H. The van der Waals surface area contributed by atoms with Crippen molar-refractivity contribution >= 4 is 18.3 Å². The average molecular weight is 307 g/mol. The van der Waals surface area contributed by atoms with Crippen LogP contribution in [0.1, 0.15) is 58.8 Å². The first kappa shape index (κ1) is 19.7. The molecule has 0 aromatic heterocycles. The number of hydrogen-bond donors (Lipinski definition) is 2. The highest BCUT2D eigenvalue weighted by Crippen LogP contribution is 2.26. The summed E-state index contributed by atoms with van der Waals surface area (Å²) in [4.78, 5) is 12.0. The zero-order valence-electron chi connectivity index (χ0n) is 12.9. The fourth-order valence-corrected chi connectivity index (χ4v) is 2.67. The van der Waals surface area contributed by atoms with Gasteiger partial charge < -0.3 is 15.8 Å². The Balaban J connectivity index is 0.00000361. The maximum absolute atomic E-state index is 12.0. The molecule has 1 aliphatic rings. The van der Waals surface area contributed by atoms with Crippen molar-refractivity contribution < 1.29 is 9.53 Å². The molecule has 3 atom stereocenters. The van der Waals surface area contributed by atoms with E-state index in [1.165, 1.54) is 12.8 Å². The molecule has 1 amide bonds. The molecule has 4 nitrogen and oxygen atoms in total. The Labute approximate surface area is 129 Å². The van der Waals surface area contributed by atoms with Gasteiger partial charge in [-0.15, -0.1) is 12.4 Å². The first-order chi connectivity index (χ1) is 9.17. The number of nitrogens with one attached hydrogen (secondary N) is 1. The van der Waals surface area contributed by atoms with Gasteiger partial charge in [-0.05, 0) is 44.6 Å². The number of ether oxygens (including phenoxy) is 1. The molecular formula is C15H31ClN2O2. The summed E-state index contributed by atoms with van der Waals surface area (Å²) in [6.45, 7) is 5.67. The van der Waals surface area contributed by atoms with Crippen LogP contribution in [-0.2, 0) is 9.53 Å². The SMILES string of the molecule is CCC(OC1CCCC(C)C1)C(=O)NCCCCN.Cl. The summed E-state index contributed by atoms with van der Waals surface area (Å²) in [5.74, 6) is 0.765. The minimum atomic E-state index is -0.284. The second-order valence-corrected chi connectivity index (χ2v) is 5.71.